The molecule has 6 nitrogen and oxygen atoms in total. The van der Waals surface area contributed by atoms with E-state index in [1.807, 2.05) is 29.0 Å². The average Bonchev–Trinajstić information content (AvgIpc) is 3.37. The molecule has 2 aromatic heterocycles. The van der Waals surface area contributed by atoms with Crippen LogP contribution < -0.4 is 10.6 Å². The Balaban J connectivity index is 1.47. The summed E-state index contributed by atoms with van der Waals surface area (Å²) in [6.07, 6.45) is 0.593. The van der Waals surface area contributed by atoms with Gasteiger partial charge >= 0.3 is 11.8 Å². The predicted octanol–water partition coefficient (Wildman–Crippen LogP) is 2.47. The summed E-state index contributed by atoms with van der Waals surface area (Å²) >= 11 is 1.62. The van der Waals surface area contributed by atoms with Gasteiger partial charge in [0.15, 0.2) is 0 Å². The molecular formula is C19H18N2O4S. The minimum Gasteiger partial charge on any atom is -0.467 e. The lowest BCUT2D eigenvalue weighted by Crippen LogP contribution is -2.41. The van der Waals surface area contributed by atoms with Crippen LogP contribution in [0.15, 0.2) is 63.9 Å². The third-order valence-corrected chi connectivity index (χ3v) is 4.50. The number of carbonyl (C=O) groups is 2. The molecule has 26 heavy (non-hydrogen) atoms. The molecule has 0 saturated carbocycles. The van der Waals surface area contributed by atoms with Crippen LogP contribution in [0.4, 0.5) is 0 Å². The summed E-state index contributed by atoms with van der Waals surface area (Å²) < 4.78 is 5.07. The van der Waals surface area contributed by atoms with Gasteiger partial charge in [-0.1, -0.05) is 24.3 Å². The molecule has 134 valence electrons. The molecule has 2 amide bonds. The largest absolute Gasteiger partial charge is 0.467 e. The van der Waals surface area contributed by atoms with E-state index in [1.165, 1.54) is 6.26 Å². The van der Waals surface area contributed by atoms with Gasteiger partial charge in [0.25, 0.3) is 0 Å². The van der Waals surface area contributed by atoms with Gasteiger partial charge in [-0.3, -0.25) is 9.59 Å². The van der Waals surface area contributed by atoms with Crippen LogP contribution in [0.2, 0.25) is 0 Å². The zero-order valence-electron chi connectivity index (χ0n) is 13.8. The SMILES string of the molecule is O=C(NCc1ccco1)C(=O)NC[C@H](O)c1ccc(-c2ccsc2)cc1. The smallest absolute Gasteiger partial charge is 0.309 e. The van der Waals surface area contributed by atoms with E-state index < -0.39 is 17.9 Å². The summed E-state index contributed by atoms with van der Waals surface area (Å²) in [6, 6.07) is 12.9. The number of benzene rings is 1. The molecule has 3 rings (SSSR count). The maximum atomic E-state index is 11.8. The lowest BCUT2D eigenvalue weighted by molar-refractivity contribution is -0.139. The molecule has 1 aromatic carbocycles. The number of rotatable bonds is 6. The second-order valence-electron chi connectivity index (χ2n) is 5.62. The Bertz CT molecular complexity index is 842. The highest BCUT2D eigenvalue weighted by molar-refractivity contribution is 7.08. The van der Waals surface area contributed by atoms with Crippen LogP contribution >= 0.6 is 11.3 Å². The molecule has 1 atom stereocenters. The van der Waals surface area contributed by atoms with E-state index in [0.717, 1.165) is 11.1 Å². The molecule has 0 bridgehead atoms. The number of hydrogen-bond acceptors (Lipinski definition) is 5. The Kier molecular flexibility index (Phi) is 5.83. The van der Waals surface area contributed by atoms with Gasteiger partial charge in [0, 0.05) is 6.54 Å². The monoisotopic (exact) mass is 370 g/mol. The zero-order chi connectivity index (χ0) is 18.4. The maximum Gasteiger partial charge on any atom is 0.309 e. The average molecular weight is 370 g/mol. The van der Waals surface area contributed by atoms with Crippen molar-refractivity contribution in [3.63, 3.8) is 0 Å². The van der Waals surface area contributed by atoms with Crippen molar-refractivity contribution in [1.82, 2.24) is 10.6 Å². The number of aliphatic hydroxyl groups is 1. The van der Waals surface area contributed by atoms with Crippen molar-refractivity contribution in [1.29, 1.82) is 0 Å². The van der Waals surface area contributed by atoms with Crippen LogP contribution in [0.3, 0.4) is 0 Å². The van der Waals surface area contributed by atoms with Crippen LogP contribution in [0.1, 0.15) is 17.4 Å². The second kappa shape index (κ2) is 8.46. The van der Waals surface area contributed by atoms with Gasteiger partial charge in [-0.25, -0.2) is 0 Å². The summed E-state index contributed by atoms with van der Waals surface area (Å²) in [4.78, 5) is 23.5. The normalized spacial score (nSPS) is 11.7. The predicted molar refractivity (Wildman–Crippen MR) is 98.3 cm³/mol. The van der Waals surface area contributed by atoms with Gasteiger partial charge in [-0.05, 0) is 45.6 Å². The first-order chi connectivity index (χ1) is 12.6. The Hall–Kier alpha value is -2.90. The third-order valence-electron chi connectivity index (χ3n) is 3.82. The van der Waals surface area contributed by atoms with Crippen molar-refractivity contribution in [3.05, 3.63) is 70.8 Å². The van der Waals surface area contributed by atoms with Crippen LogP contribution in [0, 0.1) is 0 Å². The summed E-state index contributed by atoms with van der Waals surface area (Å²) in [6.45, 7) is 0.0800. The zero-order valence-corrected chi connectivity index (χ0v) is 14.7. The minimum atomic E-state index is -0.895. The summed E-state index contributed by atoms with van der Waals surface area (Å²) in [5.74, 6) is -1.02. The fourth-order valence-electron chi connectivity index (χ4n) is 2.37. The van der Waals surface area contributed by atoms with E-state index in [2.05, 4.69) is 10.6 Å². The van der Waals surface area contributed by atoms with Crippen LogP contribution in [0.5, 0.6) is 0 Å². The van der Waals surface area contributed by atoms with Crippen molar-refractivity contribution >= 4 is 23.2 Å². The van der Waals surface area contributed by atoms with Gasteiger partial charge in [0.05, 0.1) is 18.9 Å². The summed E-state index contributed by atoms with van der Waals surface area (Å²) in [7, 11) is 0. The molecule has 0 fully saturated rings. The molecule has 7 heteroatoms. The Labute approximate surface area is 154 Å². The van der Waals surface area contributed by atoms with E-state index in [0.29, 0.717) is 11.3 Å². The number of aliphatic hydroxyl groups excluding tert-OH is 1. The molecular weight excluding hydrogens is 352 g/mol. The van der Waals surface area contributed by atoms with Crippen molar-refractivity contribution in [2.45, 2.75) is 12.6 Å². The lowest BCUT2D eigenvalue weighted by Gasteiger charge is -2.12. The van der Waals surface area contributed by atoms with Gasteiger partial charge in [-0.2, -0.15) is 11.3 Å². The molecule has 0 radical (unpaired) electrons. The van der Waals surface area contributed by atoms with E-state index in [9.17, 15) is 14.7 Å². The molecule has 0 saturated heterocycles. The van der Waals surface area contributed by atoms with Crippen LogP contribution in [0.25, 0.3) is 11.1 Å². The van der Waals surface area contributed by atoms with E-state index in [-0.39, 0.29) is 13.1 Å². The van der Waals surface area contributed by atoms with E-state index >= 15 is 0 Å². The molecule has 3 aromatic rings. The Morgan fingerprint density at radius 1 is 1.04 bits per heavy atom. The van der Waals surface area contributed by atoms with Gasteiger partial charge in [0.1, 0.15) is 5.76 Å². The molecule has 0 aliphatic heterocycles. The number of nitrogens with one attached hydrogen (secondary N) is 2. The highest BCUT2D eigenvalue weighted by atomic mass is 32.1. The van der Waals surface area contributed by atoms with Crippen molar-refractivity contribution in [3.8, 4) is 11.1 Å². The van der Waals surface area contributed by atoms with E-state index in [4.69, 9.17) is 4.42 Å². The van der Waals surface area contributed by atoms with Crippen molar-refractivity contribution in [2.75, 3.05) is 6.54 Å². The van der Waals surface area contributed by atoms with Crippen molar-refractivity contribution < 1.29 is 19.1 Å². The lowest BCUT2D eigenvalue weighted by atomic mass is 10.0. The van der Waals surface area contributed by atoms with E-state index in [1.54, 1.807) is 35.6 Å². The topological polar surface area (TPSA) is 91.6 Å². The molecule has 0 unspecified atom stereocenters. The second-order valence-corrected chi connectivity index (χ2v) is 6.40. The van der Waals surface area contributed by atoms with Crippen molar-refractivity contribution in [2.24, 2.45) is 0 Å². The molecule has 0 spiro atoms. The number of hydrogen-bond donors (Lipinski definition) is 3. The first kappa shape index (κ1) is 17.9. The fraction of sp³-hybridized carbons (Fsp3) is 0.158. The van der Waals surface area contributed by atoms with Crippen LogP contribution in [-0.2, 0) is 16.1 Å². The fourth-order valence-corrected chi connectivity index (χ4v) is 3.04. The van der Waals surface area contributed by atoms with Crippen LogP contribution in [-0.4, -0.2) is 23.5 Å². The maximum absolute atomic E-state index is 11.8. The third kappa shape index (κ3) is 4.59. The molecule has 0 aliphatic carbocycles. The summed E-state index contributed by atoms with van der Waals surface area (Å²) in [5.41, 5.74) is 2.85. The summed E-state index contributed by atoms with van der Waals surface area (Å²) in [5, 5.41) is 19.1. The Morgan fingerprint density at radius 3 is 2.46 bits per heavy atom. The first-order valence-corrected chi connectivity index (χ1v) is 8.97. The minimum absolute atomic E-state index is 0.0508. The molecule has 3 N–H and O–H groups in total. The highest BCUT2D eigenvalue weighted by Crippen LogP contribution is 2.23. The standard InChI is InChI=1S/C19H18N2O4S/c22-17(14-5-3-13(4-6-14)15-7-9-26-12-15)11-21-19(24)18(23)20-10-16-2-1-8-25-16/h1-9,12,17,22H,10-11H2,(H,20,23)(H,21,24)/t17-/m0/s1. The van der Waals surface area contributed by atoms with Gasteiger partial charge in [-0.15, -0.1) is 0 Å². The number of carbonyl (C=O) groups excluding carboxylic acids is 2. The number of amides is 2. The first-order valence-electron chi connectivity index (χ1n) is 8.02. The van der Waals surface area contributed by atoms with Gasteiger partial charge in [0.2, 0.25) is 0 Å². The number of furan rings is 1. The quantitative estimate of drug-likeness (QED) is 0.581. The highest BCUT2D eigenvalue weighted by Gasteiger charge is 2.16. The number of thiophene rings is 1. The van der Waals surface area contributed by atoms with Gasteiger partial charge < -0.3 is 20.2 Å². The Morgan fingerprint density at radius 2 is 1.81 bits per heavy atom. The molecule has 0 aliphatic rings. The molecule has 2 heterocycles.